The van der Waals surface area contributed by atoms with E-state index in [1.807, 2.05) is 13.0 Å². The molecule has 0 heterocycles. The Morgan fingerprint density at radius 1 is 1.53 bits per heavy atom. The first-order valence-electron chi connectivity index (χ1n) is 5.38. The second kappa shape index (κ2) is 6.35. The minimum absolute atomic E-state index is 0.0313. The van der Waals surface area contributed by atoms with Gasteiger partial charge < -0.3 is 14.7 Å². The van der Waals surface area contributed by atoms with Crippen LogP contribution in [0.3, 0.4) is 0 Å². The average molecular weight is 258 g/mol. The molecule has 0 spiro atoms. The van der Waals surface area contributed by atoms with E-state index in [-0.39, 0.29) is 6.54 Å². The Morgan fingerprint density at radius 2 is 2.24 bits per heavy atom. The van der Waals surface area contributed by atoms with Gasteiger partial charge in [0, 0.05) is 12.2 Å². The van der Waals surface area contributed by atoms with Crippen LogP contribution in [0.25, 0.3) is 0 Å². The molecule has 0 radical (unpaired) electrons. The molecule has 0 aliphatic heterocycles. The van der Waals surface area contributed by atoms with Crippen LogP contribution in [0, 0.1) is 0 Å². The molecule has 5 heteroatoms. The van der Waals surface area contributed by atoms with Gasteiger partial charge in [0.1, 0.15) is 12.3 Å². The fourth-order valence-corrected chi connectivity index (χ4v) is 1.84. The third-order valence-corrected chi connectivity index (χ3v) is 2.62. The van der Waals surface area contributed by atoms with E-state index in [0.29, 0.717) is 17.3 Å². The topological polar surface area (TPSA) is 49.8 Å². The number of carboxylic acids is 1. The summed E-state index contributed by atoms with van der Waals surface area (Å²) in [5.74, 6) is -0.271. The predicted molar refractivity (Wildman–Crippen MR) is 68.1 cm³/mol. The van der Waals surface area contributed by atoms with E-state index < -0.39 is 5.97 Å². The lowest BCUT2D eigenvalue weighted by molar-refractivity contribution is -0.135. The number of carboxylic acid groups (broad SMARTS) is 1. The highest BCUT2D eigenvalue weighted by atomic mass is 35.5. The summed E-state index contributed by atoms with van der Waals surface area (Å²) in [6.07, 6.45) is 0.872. The number of halogens is 1. The van der Waals surface area contributed by atoms with Crippen molar-refractivity contribution in [2.75, 3.05) is 25.1 Å². The molecule has 4 nitrogen and oxygen atoms in total. The van der Waals surface area contributed by atoms with Gasteiger partial charge in [0.05, 0.1) is 12.1 Å². The molecule has 0 unspecified atom stereocenters. The number of benzene rings is 1. The number of anilines is 1. The molecule has 1 aromatic carbocycles. The second-order valence-electron chi connectivity index (χ2n) is 3.63. The Labute approximate surface area is 106 Å². The zero-order valence-corrected chi connectivity index (χ0v) is 10.7. The quantitative estimate of drug-likeness (QED) is 0.851. The Balaban J connectivity index is 2.93. The molecule has 0 fully saturated rings. The molecule has 0 aromatic heterocycles. The number of nitrogens with zero attached hydrogens (tertiary/aromatic N) is 1. The monoisotopic (exact) mass is 257 g/mol. The molecular formula is C12H16ClNO3. The zero-order chi connectivity index (χ0) is 12.8. The Kier molecular flexibility index (Phi) is 5.10. The maximum Gasteiger partial charge on any atom is 0.323 e. The summed E-state index contributed by atoms with van der Waals surface area (Å²) in [5.41, 5.74) is 0.792. The minimum Gasteiger partial charge on any atom is -0.495 e. The molecule has 94 valence electrons. The van der Waals surface area contributed by atoms with Gasteiger partial charge in [-0.05, 0) is 24.6 Å². The number of aliphatic carboxylic acids is 1. The van der Waals surface area contributed by atoms with Crippen molar-refractivity contribution in [3.8, 4) is 5.75 Å². The SMILES string of the molecule is CCCN(CC(=O)O)c1ccc(OC)c(Cl)c1. The van der Waals surface area contributed by atoms with Gasteiger partial charge in [0.2, 0.25) is 0 Å². The minimum atomic E-state index is -0.856. The van der Waals surface area contributed by atoms with Gasteiger partial charge in [-0.1, -0.05) is 18.5 Å². The van der Waals surface area contributed by atoms with Crippen LogP contribution in [0.1, 0.15) is 13.3 Å². The fourth-order valence-electron chi connectivity index (χ4n) is 1.58. The zero-order valence-electron chi connectivity index (χ0n) is 9.94. The number of hydrogen-bond acceptors (Lipinski definition) is 3. The van der Waals surface area contributed by atoms with Gasteiger partial charge in [-0.3, -0.25) is 4.79 Å². The first-order chi connectivity index (χ1) is 8.08. The fraction of sp³-hybridized carbons (Fsp3) is 0.417. The maximum atomic E-state index is 10.8. The Bertz CT molecular complexity index is 395. The summed E-state index contributed by atoms with van der Waals surface area (Å²) >= 11 is 6.01. The molecule has 0 aliphatic carbocycles. The molecule has 0 atom stereocenters. The van der Waals surface area contributed by atoms with Crippen molar-refractivity contribution in [2.45, 2.75) is 13.3 Å². The maximum absolute atomic E-state index is 10.8. The van der Waals surface area contributed by atoms with Crippen molar-refractivity contribution in [3.63, 3.8) is 0 Å². The van der Waals surface area contributed by atoms with Crippen molar-refractivity contribution < 1.29 is 14.6 Å². The van der Waals surface area contributed by atoms with Crippen LogP contribution in [0.4, 0.5) is 5.69 Å². The first-order valence-corrected chi connectivity index (χ1v) is 5.76. The van der Waals surface area contributed by atoms with Crippen LogP contribution in [-0.2, 0) is 4.79 Å². The largest absolute Gasteiger partial charge is 0.495 e. The third-order valence-electron chi connectivity index (χ3n) is 2.32. The molecule has 0 bridgehead atoms. The van der Waals surface area contributed by atoms with Crippen molar-refractivity contribution in [3.05, 3.63) is 23.2 Å². The summed E-state index contributed by atoms with van der Waals surface area (Å²) in [6, 6.07) is 5.27. The van der Waals surface area contributed by atoms with Gasteiger partial charge in [0.15, 0.2) is 0 Å². The van der Waals surface area contributed by atoms with E-state index >= 15 is 0 Å². The van der Waals surface area contributed by atoms with Crippen molar-refractivity contribution >= 4 is 23.3 Å². The van der Waals surface area contributed by atoms with E-state index in [2.05, 4.69) is 0 Å². The van der Waals surface area contributed by atoms with E-state index in [0.717, 1.165) is 12.1 Å². The first kappa shape index (κ1) is 13.6. The number of rotatable bonds is 6. The van der Waals surface area contributed by atoms with Crippen molar-refractivity contribution in [1.82, 2.24) is 0 Å². The van der Waals surface area contributed by atoms with E-state index in [1.165, 1.54) is 0 Å². The van der Waals surface area contributed by atoms with Crippen LogP contribution in [0.5, 0.6) is 5.75 Å². The third kappa shape index (κ3) is 3.82. The average Bonchev–Trinajstić information content (AvgIpc) is 2.28. The highest BCUT2D eigenvalue weighted by Crippen LogP contribution is 2.29. The lowest BCUT2D eigenvalue weighted by Crippen LogP contribution is -2.30. The summed E-state index contributed by atoms with van der Waals surface area (Å²) in [7, 11) is 1.54. The van der Waals surface area contributed by atoms with Gasteiger partial charge in [-0.15, -0.1) is 0 Å². The highest BCUT2D eigenvalue weighted by molar-refractivity contribution is 6.32. The number of methoxy groups -OCH3 is 1. The molecule has 0 amide bonds. The summed E-state index contributed by atoms with van der Waals surface area (Å²) in [5, 5.41) is 9.33. The van der Waals surface area contributed by atoms with E-state index in [4.69, 9.17) is 21.4 Å². The van der Waals surface area contributed by atoms with Gasteiger partial charge >= 0.3 is 5.97 Å². The normalized spacial score (nSPS) is 10.1. The van der Waals surface area contributed by atoms with Gasteiger partial charge in [0.25, 0.3) is 0 Å². The van der Waals surface area contributed by atoms with Crippen LogP contribution >= 0.6 is 11.6 Å². The molecule has 0 aliphatic rings. The van der Waals surface area contributed by atoms with Crippen LogP contribution in [-0.4, -0.2) is 31.3 Å². The molecule has 0 saturated carbocycles. The molecule has 17 heavy (non-hydrogen) atoms. The predicted octanol–water partition coefficient (Wildman–Crippen LogP) is 2.65. The number of hydrogen-bond donors (Lipinski definition) is 1. The van der Waals surface area contributed by atoms with Crippen LogP contribution < -0.4 is 9.64 Å². The Morgan fingerprint density at radius 3 is 2.71 bits per heavy atom. The summed E-state index contributed by atoms with van der Waals surface area (Å²) in [4.78, 5) is 12.5. The van der Waals surface area contributed by atoms with E-state index in [1.54, 1.807) is 24.1 Å². The van der Waals surface area contributed by atoms with Crippen molar-refractivity contribution in [1.29, 1.82) is 0 Å². The number of ether oxygens (including phenoxy) is 1. The highest BCUT2D eigenvalue weighted by Gasteiger charge is 2.11. The standard InChI is InChI=1S/C12H16ClNO3/c1-3-6-14(8-12(15)16)9-4-5-11(17-2)10(13)7-9/h4-5,7H,3,6,8H2,1-2H3,(H,15,16). The van der Waals surface area contributed by atoms with Crippen molar-refractivity contribution in [2.24, 2.45) is 0 Å². The molecular weight excluding hydrogens is 242 g/mol. The second-order valence-corrected chi connectivity index (χ2v) is 4.04. The summed E-state index contributed by atoms with van der Waals surface area (Å²) < 4.78 is 5.05. The van der Waals surface area contributed by atoms with Gasteiger partial charge in [-0.25, -0.2) is 0 Å². The summed E-state index contributed by atoms with van der Waals surface area (Å²) in [6.45, 7) is 2.64. The van der Waals surface area contributed by atoms with Crippen LogP contribution in [0.2, 0.25) is 5.02 Å². The Hall–Kier alpha value is -1.42. The molecule has 1 rings (SSSR count). The lowest BCUT2D eigenvalue weighted by atomic mass is 10.2. The van der Waals surface area contributed by atoms with E-state index in [9.17, 15) is 4.79 Å². The van der Waals surface area contributed by atoms with Crippen LogP contribution in [0.15, 0.2) is 18.2 Å². The van der Waals surface area contributed by atoms with Gasteiger partial charge in [-0.2, -0.15) is 0 Å². The molecule has 0 saturated heterocycles. The smallest absolute Gasteiger partial charge is 0.323 e. The lowest BCUT2D eigenvalue weighted by Gasteiger charge is -2.22. The number of carbonyl (C=O) groups is 1. The molecule has 1 N–H and O–H groups in total. The molecule has 1 aromatic rings.